The Balaban J connectivity index is 1.40. The first-order valence-corrected chi connectivity index (χ1v) is 10.6. The van der Waals surface area contributed by atoms with Crippen molar-refractivity contribution in [2.45, 2.75) is 101 Å². The van der Waals surface area contributed by atoms with Gasteiger partial charge in [0.15, 0.2) is 30.3 Å². The molecule has 2 N–H and O–H groups in total. The number of fused-ring (bicyclic) bond motifs is 2. The molecule has 4 heterocycles. The first-order chi connectivity index (χ1) is 15.0. The maximum absolute atomic E-state index is 12.8. The van der Waals surface area contributed by atoms with Crippen molar-refractivity contribution in [3.63, 3.8) is 0 Å². The van der Waals surface area contributed by atoms with E-state index in [9.17, 15) is 15.0 Å². The second-order valence-electron chi connectivity index (χ2n) is 9.18. The third-order valence-corrected chi connectivity index (χ3v) is 5.90. The van der Waals surface area contributed by atoms with Crippen molar-refractivity contribution in [3.8, 4) is 0 Å². The van der Waals surface area contributed by atoms with Crippen molar-refractivity contribution in [2.75, 3.05) is 20.8 Å². The van der Waals surface area contributed by atoms with Crippen molar-refractivity contribution < 1.29 is 57.6 Å². The van der Waals surface area contributed by atoms with Gasteiger partial charge in [-0.25, -0.2) is 4.79 Å². The van der Waals surface area contributed by atoms with Gasteiger partial charge in [-0.3, -0.25) is 0 Å². The van der Waals surface area contributed by atoms with E-state index in [0.717, 1.165) is 0 Å². The third kappa shape index (κ3) is 4.41. The number of carbonyl (C=O) groups is 1. The molecule has 4 saturated heterocycles. The van der Waals surface area contributed by atoms with Crippen LogP contribution in [0.3, 0.4) is 0 Å². The molecule has 0 saturated carbocycles. The fraction of sp³-hybridized carbons (Fsp3) is 0.950. The molecule has 0 aliphatic carbocycles. The summed E-state index contributed by atoms with van der Waals surface area (Å²) >= 11 is 0. The topological polar surface area (TPSA) is 141 Å². The zero-order valence-corrected chi connectivity index (χ0v) is 19.0. The maximum Gasteiger partial charge on any atom is 0.338 e. The van der Waals surface area contributed by atoms with Crippen molar-refractivity contribution in [2.24, 2.45) is 0 Å². The summed E-state index contributed by atoms with van der Waals surface area (Å²) in [6.07, 6.45) is -9.49. The second-order valence-corrected chi connectivity index (χ2v) is 9.18. The number of carbonyl (C=O) groups excluding carboxylic acids is 1. The first-order valence-electron chi connectivity index (χ1n) is 10.6. The highest BCUT2D eigenvalue weighted by Gasteiger charge is 2.58. The number of aliphatic hydroxyl groups excluding tert-OH is 2. The Labute approximate surface area is 185 Å². The minimum atomic E-state index is -1.38. The molecule has 32 heavy (non-hydrogen) atoms. The van der Waals surface area contributed by atoms with Crippen LogP contribution in [0, 0.1) is 0 Å². The molecule has 184 valence electrons. The van der Waals surface area contributed by atoms with E-state index in [-0.39, 0.29) is 6.61 Å². The van der Waals surface area contributed by atoms with Gasteiger partial charge in [0.05, 0.1) is 0 Å². The van der Waals surface area contributed by atoms with Crippen LogP contribution in [-0.4, -0.2) is 110 Å². The molecule has 12 heteroatoms. The van der Waals surface area contributed by atoms with Crippen molar-refractivity contribution in [3.05, 3.63) is 0 Å². The summed E-state index contributed by atoms with van der Waals surface area (Å²) < 4.78 is 50.3. The molecule has 0 unspecified atom stereocenters. The Kier molecular flexibility index (Phi) is 6.57. The minimum absolute atomic E-state index is 0.325. The molecule has 0 aromatic rings. The van der Waals surface area contributed by atoms with Gasteiger partial charge in [-0.05, 0) is 27.7 Å². The molecule has 0 bridgehead atoms. The van der Waals surface area contributed by atoms with Crippen LogP contribution in [0.2, 0.25) is 0 Å². The smallest absolute Gasteiger partial charge is 0.338 e. The lowest BCUT2D eigenvalue weighted by Crippen LogP contribution is -2.60. The minimum Gasteiger partial charge on any atom is -0.461 e. The highest BCUT2D eigenvalue weighted by atomic mass is 16.8. The summed E-state index contributed by atoms with van der Waals surface area (Å²) in [6, 6.07) is 0. The Morgan fingerprint density at radius 1 is 0.781 bits per heavy atom. The van der Waals surface area contributed by atoms with Crippen molar-refractivity contribution in [1.82, 2.24) is 0 Å². The molecular weight excluding hydrogens is 432 g/mol. The van der Waals surface area contributed by atoms with E-state index >= 15 is 0 Å². The van der Waals surface area contributed by atoms with E-state index in [0.29, 0.717) is 0 Å². The summed E-state index contributed by atoms with van der Waals surface area (Å²) in [6.45, 7) is 6.49. The van der Waals surface area contributed by atoms with Gasteiger partial charge in [-0.2, -0.15) is 0 Å². The first kappa shape index (κ1) is 24.2. The van der Waals surface area contributed by atoms with Crippen molar-refractivity contribution in [1.29, 1.82) is 0 Å². The summed E-state index contributed by atoms with van der Waals surface area (Å²) in [7, 11) is 2.84. The molecule has 10 atom stereocenters. The van der Waals surface area contributed by atoms with Gasteiger partial charge in [0, 0.05) is 14.2 Å². The van der Waals surface area contributed by atoms with E-state index in [1.165, 1.54) is 14.2 Å². The third-order valence-electron chi connectivity index (χ3n) is 5.90. The van der Waals surface area contributed by atoms with Crippen LogP contribution in [0.5, 0.6) is 0 Å². The second kappa shape index (κ2) is 8.69. The van der Waals surface area contributed by atoms with Gasteiger partial charge in [0.25, 0.3) is 0 Å². The number of esters is 1. The molecular formula is C20H32O12. The number of hydrogen-bond acceptors (Lipinski definition) is 12. The summed E-state index contributed by atoms with van der Waals surface area (Å²) in [5, 5.41) is 21.4. The molecule has 4 fully saturated rings. The molecule has 0 spiro atoms. The van der Waals surface area contributed by atoms with E-state index in [2.05, 4.69) is 0 Å². The Morgan fingerprint density at radius 2 is 1.25 bits per heavy atom. The van der Waals surface area contributed by atoms with Crippen LogP contribution in [0.15, 0.2) is 0 Å². The number of ether oxygens (including phenoxy) is 9. The van der Waals surface area contributed by atoms with Crippen LogP contribution in [-0.2, 0) is 47.4 Å². The maximum atomic E-state index is 12.8. The molecule has 0 radical (unpaired) electrons. The lowest BCUT2D eigenvalue weighted by molar-refractivity contribution is -0.280. The highest BCUT2D eigenvalue weighted by molar-refractivity contribution is 5.75. The number of hydrogen-bond donors (Lipinski definition) is 2. The van der Waals surface area contributed by atoms with Gasteiger partial charge in [-0.15, -0.1) is 0 Å². The number of rotatable bonds is 5. The van der Waals surface area contributed by atoms with Gasteiger partial charge in [0.2, 0.25) is 0 Å². The summed E-state index contributed by atoms with van der Waals surface area (Å²) in [5.41, 5.74) is 0. The van der Waals surface area contributed by atoms with Gasteiger partial charge >= 0.3 is 5.97 Å². The highest BCUT2D eigenvalue weighted by Crippen LogP contribution is 2.39. The predicted molar refractivity (Wildman–Crippen MR) is 102 cm³/mol. The largest absolute Gasteiger partial charge is 0.461 e. The fourth-order valence-electron chi connectivity index (χ4n) is 4.56. The molecule has 0 amide bonds. The molecule has 4 aliphatic rings. The van der Waals surface area contributed by atoms with Gasteiger partial charge in [0.1, 0.15) is 49.3 Å². The quantitative estimate of drug-likeness (QED) is 0.484. The summed E-state index contributed by atoms with van der Waals surface area (Å²) in [4.78, 5) is 12.8. The number of methoxy groups -OCH3 is 2. The van der Waals surface area contributed by atoms with Crippen LogP contribution in [0.4, 0.5) is 0 Å². The molecule has 12 nitrogen and oxygen atoms in total. The van der Waals surface area contributed by atoms with Crippen LogP contribution in [0.25, 0.3) is 0 Å². The monoisotopic (exact) mass is 464 g/mol. The average Bonchev–Trinajstić information content (AvgIpc) is 3.23. The standard InChI is InChI=1S/C20H32O12/c1-19(2)29-11-9(21)8(27-17(24-5)14(11)31-19)7-26-16(23)13-10(22)12-15(18(25-6)28-13)32-20(3,4)30-12/h8-15,17-18,21-22H,7H2,1-6H3/t8-,9-,10+,11+,12+,13+,14+,15+,17+,18+/m1/s1. The Morgan fingerprint density at radius 3 is 1.78 bits per heavy atom. The predicted octanol–water partition coefficient (Wildman–Crippen LogP) is -0.966. The average molecular weight is 464 g/mol. The number of aliphatic hydroxyl groups is 2. The van der Waals surface area contributed by atoms with E-state index in [4.69, 9.17) is 42.6 Å². The lowest BCUT2D eigenvalue weighted by atomic mass is 9.98. The molecule has 4 rings (SSSR count). The normalized spacial score (nSPS) is 47.0. The van der Waals surface area contributed by atoms with E-state index in [1.807, 2.05) is 0 Å². The Bertz CT molecular complexity index is 698. The van der Waals surface area contributed by atoms with E-state index in [1.54, 1.807) is 27.7 Å². The van der Waals surface area contributed by atoms with Crippen LogP contribution < -0.4 is 0 Å². The zero-order chi connectivity index (χ0) is 23.4. The van der Waals surface area contributed by atoms with Gasteiger partial charge < -0.3 is 52.8 Å². The van der Waals surface area contributed by atoms with Crippen LogP contribution >= 0.6 is 0 Å². The SMILES string of the molecule is CO[C@H]1O[C@H](C(=O)OC[C@H]2O[C@H](OC)[C@H]3OC(C)(C)O[C@H]3[C@@H]2O)[C@@H](O)[C@@H]2OC(C)(C)O[C@H]12. The molecule has 0 aromatic heterocycles. The van der Waals surface area contributed by atoms with E-state index < -0.39 is 79.0 Å². The van der Waals surface area contributed by atoms with Crippen molar-refractivity contribution >= 4 is 5.97 Å². The molecule has 0 aromatic carbocycles. The van der Waals surface area contributed by atoms with Crippen LogP contribution in [0.1, 0.15) is 27.7 Å². The Hall–Kier alpha value is -0.930. The summed E-state index contributed by atoms with van der Waals surface area (Å²) in [5.74, 6) is -2.76. The molecule has 4 aliphatic heterocycles. The van der Waals surface area contributed by atoms with Gasteiger partial charge in [-0.1, -0.05) is 0 Å². The zero-order valence-electron chi connectivity index (χ0n) is 19.0. The lowest BCUT2D eigenvalue weighted by Gasteiger charge is -2.40. The fourth-order valence-corrected chi connectivity index (χ4v) is 4.56.